The summed E-state index contributed by atoms with van der Waals surface area (Å²) in [6.45, 7) is 0.649. The van der Waals surface area contributed by atoms with Crippen LogP contribution in [0.2, 0.25) is 0 Å². The van der Waals surface area contributed by atoms with Gasteiger partial charge in [0.25, 0.3) is 5.91 Å². The first kappa shape index (κ1) is 17.5. The zero-order valence-corrected chi connectivity index (χ0v) is 15.7. The molecule has 0 aliphatic heterocycles. The molecule has 2 aromatic rings. The zero-order valence-electron chi connectivity index (χ0n) is 14.9. The van der Waals surface area contributed by atoms with Gasteiger partial charge in [-0.1, -0.05) is 24.6 Å². The number of amides is 1. The van der Waals surface area contributed by atoms with Crippen LogP contribution in [-0.2, 0) is 0 Å². The maximum atomic E-state index is 12.5. The first-order valence-corrected chi connectivity index (χ1v) is 10.5. The summed E-state index contributed by atoms with van der Waals surface area (Å²) in [4.78, 5) is 13.7. The fraction of sp³-hybridized carbons (Fsp3) is 0.409. The van der Waals surface area contributed by atoms with Gasteiger partial charge in [0.2, 0.25) is 0 Å². The van der Waals surface area contributed by atoms with Crippen molar-refractivity contribution in [2.45, 2.75) is 36.6 Å². The molecule has 136 valence electrons. The summed E-state index contributed by atoms with van der Waals surface area (Å²) in [5, 5.41) is 3.23. The van der Waals surface area contributed by atoms with E-state index in [1.807, 2.05) is 42.5 Å². The van der Waals surface area contributed by atoms with Crippen molar-refractivity contribution in [2.24, 2.45) is 11.8 Å². The highest BCUT2D eigenvalue weighted by atomic mass is 32.2. The van der Waals surface area contributed by atoms with E-state index in [9.17, 15) is 4.79 Å². The van der Waals surface area contributed by atoms with Crippen LogP contribution in [0.5, 0.6) is 5.75 Å². The Kier molecular flexibility index (Phi) is 5.49. The Balaban J connectivity index is 1.22. The Hall–Kier alpha value is -1.94. The molecule has 0 aromatic heterocycles. The summed E-state index contributed by atoms with van der Waals surface area (Å²) in [6.07, 6.45) is 5.10. The lowest BCUT2D eigenvalue weighted by molar-refractivity contribution is 0.0923. The summed E-state index contributed by atoms with van der Waals surface area (Å²) >= 11 is 1.78. The van der Waals surface area contributed by atoms with Crippen molar-refractivity contribution in [3.63, 3.8) is 0 Å². The molecule has 26 heavy (non-hydrogen) atoms. The van der Waals surface area contributed by atoms with E-state index in [4.69, 9.17) is 4.74 Å². The van der Waals surface area contributed by atoms with Gasteiger partial charge in [-0.05, 0) is 67.5 Å². The van der Waals surface area contributed by atoms with Crippen molar-refractivity contribution in [2.75, 3.05) is 12.4 Å². The molecule has 2 bridgehead atoms. The maximum absolute atomic E-state index is 12.5. The first-order valence-electron chi connectivity index (χ1n) is 9.49. The highest BCUT2D eigenvalue weighted by Gasteiger charge is 2.40. The molecule has 3 nitrogen and oxygen atoms in total. The van der Waals surface area contributed by atoms with Gasteiger partial charge in [0.05, 0.1) is 6.61 Å². The van der Waals surface area contributed by atoms with Crippen molar-refractivity contribution < 1.29 is 9.53 Å². The highest BCUT2D eigenvalue weighted by Crippen LogP contribution is 2.44. The lowest BCUT2D eigenvalue weighted by atomic mass is 9.95. The SMILES string of the molecule is O=C(NC1CC2CCC1C2)c1ccc(OCCSc2ccccc2)cc1. The second-order valence-corrected chi connectivity index (χ2v) is 8.46. The van der Waals surface area contributed by atoms with Crippen molar-refractivity contribution in [1.82, 2.24) is 5.32 Å². The van der Waals surface area contributed by atoms with Gasteiger partial charge in [-0.2, -0.15) is 0 Å². The van der Waals surface area contributed by atoms with E-state index in [1.165, 1.54) is 24.2 Å². The van der Waals surface area contributed by atoms with E-state index in [0.717, 1.165) is 29.4 Å². The standard InChI is InChI=1S/C22H25NO2S/c24-22(23-21-15-16-6-7-18(21)14-16)17-8-10-19(11-9-17)25-12-13-26-20-4-2-1-3-5-20/h1-5,8-11,16,18,21H,6-7,12-15H2,(H,23,24). The van der Waals surface area contributed by atoms with E-state index >= 15 is 0 Å². The van der Waals surface area contributed by atoms with Crippen molar-refractivity contribution in [3.8, 4) is 5.75 Å². The third-order valence-electron chi connectivity index (χ3n) is 5.54. The van der Waals surface area contributed by atoms with Gasteiger partial charge in [-0.3, -0.25) is 4.79 Å². The average Bonchev–Trinajstić information content (AvgIpc) is 3.30. The van der Waals surface area contributed by atoms with Crippen LogP contribution in [0.1, 0.15) is 36.0 Å². The minimum Gasteiger partial charge on any atom is -0.493 e. The molecule has 3 atom stereocenters. The van der Waals surface area contributed by atoms with Crippen LogP contribution in [0.4, 0.5) is 0 Å². The van der Waals surface area contributed by atoms with Gasteiger partial charge in [0, 0.05) is 22.3 Å². The van der Waals surface area contributed by atoms with Crippen LogP contribution in [0, 0.1) is 11.8 Å². The maximum Gasteiger partial charge on any atom is 0.251 e. The fourth-order valence-corrected chi connectivity index (χ4v) is 4.96. The number of benzene rings is 2. The van der Waals surface area contributed by atoms with Crippen molar-refractivity contribution in [3.05, 3.63) is 60.2 Å². The molecule has 2 aromatic carbocycles. The molecule has 2 saturated carbocycles. The molecular weight excluding hydrogens is 342 g/mol. The second-order valence-electron chi connectivity index (χ2n) is 7.29. The van der Waals surface area contributed by atoms with Gasteiger partial charge in [-0.25, -0.2) is 0 Å². The lowest BCUT2D eigenvalue weighted by Gasteiger charge is -2.22. The van der Waals surface area contributed by atoms with E-state index in [-0.39, 0.29) is 5.91 Å². The quantitative estimate of drug-likeness (QED) is 0.565. The Morgan fingerprint density at radius 2 is 1.85 bits per heavy atom. The molecule has 1 amide bonds. The predicted octanol–water partition coefficient (Wildman–Crippen LogP) is 4.78. The van der Waals surface area contributed by atoms with E-state index in [1.54, 1.807) is 11.8 Å². The normalized spacial score (nSPS) is 23.8. The molecule has 0 radical (unpaired) electrons. The van der Waals surface area contributed by atoms with Crippen molar-refractivity contribution >= 4 is 17.7 Å². The Morgan fingerprint density at radius 1 is 1.04 bits per heavy atom. The topological polar surface area (TPSA) is 38.3 Å². The number of thioether (sulfide) groups is 1. The molecule has 0 heterocycles. The number of carbonyl (C=O) groups excluding carboxylic acids is 1. The number of fused-ring (bicyclic) bond motifs is 2. The Labute approximate surface area is 159 Å². The highest BCUT2D eigenvalue weighted by molar-refractivity contribution is 7.99. The van der Waals surface area contributed by atoms with Crippen LogP contribution < -0.4 is 10.1 Å². The molecule has 2 fully saturated rings. The molecule has 1 N–H and O–H groups in total. The first-order chi connectivity index (χ1) is 12.8. The number of hydrogen-bond acceptors (Lipinski definition) is 3. The predicted molar refractivity (Wildman–Crippen MR) is 106 cm³/mol. The fourth-order valence-electron chi connectivity index (χ4n) is 4.21. The largest absolute Gasteiger partial charge is 0.493 e. The van der Waals surface area contributed by atoms with Crippen LogP contribution in [0.25, 0.3) is 0 Å². The third kappa shape index (κ3) is 4.24. The molecule has 4 heteroatoms. The summed E-state index contributed by atoms with van der Waals surface area (Å²) in [7, 11) is 0. The van der Waals surface area contributed by atoms with Crippen LogP contribution in [0.15, 0.2) is 59.5 Å². The van der Waals surface area contributed by atoms with Crippen LogP contribution in [0.3, 0.4) is 0 Å². The monoisotopic (exact) mass is 367 g/mol. The number of rotatable bonds is 7. The van der Waals surface area contributed by atoms with E-state index in [2.05, 4.69) is 17.4 Å². The molecular formula is C22H25NO2S. The smallest absolute Gasteiger partial charge is 0.251 e. The number of hydrogen-bond donors (Lipinski definition) is 1. The van der Waals surface area contributed by atoms with E-state index < -0.39 is 0 Å². The third-order valence-corrected chi connectivity index (χ3v) is 6.51. The summed E-state index contributed by atoms with van der Waals surface area (Å²) in [5.74, 6) is 3.31. The minimum atomic E-state index is 0.0498. The molecule has 0 saturated heterocycles. The minimum absolute atomic E-state index is 0.0498. The lowest BCUT2D eigenvalue weighted by Crippen LogP contribution is -2.38. The summed E-state index contributed by atoms with van der Waals surface area (Å²) in [6, 6.07) is 18.2. The Morgan fingerprint density at radius 3 is 2.54 bits per heavy atom. The zero-order chi connectivity index (χ0) is 17.8. The van der Waals surface area contributed by atoms with Gasteiger partial charge in [0.1, 0.15) is 5.75 Å². The molecule has 2 aliphatic carbocycles. The Bertz CT molecular complexity index is 732. The van der Waals surface area contributed by atoms with Gasteiger partial charge in [-0.15, -0.1) is 11.8 Å². The van der Waals surface area contributed by atoms with E-state index in [0.29, 0.717) is 18.6 Å². The van der Waals surface area contributed by atoms with Crippen LogP contribution >= 0.6 is 11.8 Å². The molecule has 3 unspecified atom stereocenters. The van der Waals surface area contributed by atoms with Gasteiger partial charge < -0.3 is 10.1 Å². The number of ether oxygens (including phenoxy) is 1. The average molecular weight is 368 g/mol. The van der Waals surface area contributed by atoms with Gasteiger partial charge in [0.15, 0.2) is 0 Å². The van der Waals surface area contributed by atoms with Crippen molar-refractivity contribution in [1.29, 1.82) is 0 Å². The second kappa shape index (κ2) is 8.17. The van der Waals surface area contributed by atoms with Gasteiger partial charge >= 0.3 is 0 Å². The molecule has 4 rings (SSSR count). The molecule has 2 aliphatic rings. The summed E-state index contributed by atoms with van der Waals surface area (Å²) in [5.41, 5.74) is 0.721. The number of carbonyl (C=O) groups is 1. The van der Waals surface area contributed by atoms with Crippen LogP contribution in [-0.4, -0.2) is 24.3 Å². The number of nitrogens with one attached hydrogen (secondary N) is 1. The summed E-state index contributed by atoms with van der Waals surface area (Å²) < 4.78 is 5.78. The molecule has 0 spiro atoms.